The van der Waals surface area contributed by atoms with Crippen LogP contribution >= 0.6 is 0 Å². The molecule has 1 saturated heterocycles. The van der Waals surface area contributed by atoms with Crippen LogP contribution in [0.25, 0.3) is 11.5 Å². The van der Waals surface area contributed by atoms with E-state index in [1.54, 1.807) is 17.0 Å². The van der Waals surface area contributed by atoms with Gasteiger partial charge in [0, 0.05) is 24.6 Å². The van der Waals surface area contributed by atoms with Crippen LogP contribution in [0.4, 0.5) is 0 Å². The third-order valence-corrected chi connectivity index (χ3v) is 4.88. The van der Waals surface area contributed by atoms with E-state index in [4.69, 9.17) is 4.42 Å². The second kappa shape index (κ2) is 5.94. The summed E-state index contributed by atoms with van der Waals surface area (Å²) in [5, 5.41) is 12.3. The summed E-state index contributed by atoms with van der Waals surface area (Å²) in [7, 11) is 0. The van der Waals surface area contributed by atoms with E-state index in [-0.39, 0.29) is 29.9 Å². The summed E-state index contributed by atoms with van der Waals surface area (Å²) in [4.78, 5) is 26.3. The first-order valence-electron chi connectivity index (χ1n) is 8.40. The molecule has 8 nitrogen and oxygen atoms in total. The smallest absolute Gasteiger partial charge is 0.388 e. The van der Waals surface area contributed by atoms with Crippen molar-refractivity contribution >= 4 is 5.91 Å². The predicted octanol–water partition coefficient (Wildman–Crippen LogP) is 1.92. The van der Waals surface area contributed by atoms with Crippen molar-refractivity contribution in [3.05, 3.63) is 40.9 Å². The second-order valence-corrected chi connectivity index (χ2v) is 6.67. The monoisotopic (exact) mass is 341 g/mol. The minimum absolute atomic E-state index is 0.118. The summed E-state index contributed by atoms with van der Waals surface area (Å²) in [5.41, 5.74) is 0.373. The van der Waals surface area contributed by atoms with Crippen LogP contribution in [0.2, 0.25) is 0 Å². The maximum atomic E-state index is 12.6. The lowest BCUT2D eigenvalue weighted by molar-refractivity contribution is -0.134. The summed E-state index contributed by atoms with van der Waals surface area (Å²) in [5.74, 6) is -0.291. The number of benzene rings is 1. The van der Waals surface area contributed by atoms with Crippen molar-refractivity contribution in [2.75, 3.05) is 13.1 Å². The first kappa shape index (κ1) is 15.7. The number of amides is 1. The highest BCUT2D eigenvalue weighted by molar-refractivity contribution is 5.76. The van der Waals surface area contributed by atoms with Gasteiger partial charge in [0.25, 0.3) is 0 Å². The molecule has 1 unspecified atom stereocenters. The van der Waals surface area contributed by atoms with Crippen LogP contribution in [-0.2, 0) is 11.3 Å². The zero-order valence-corrected chi connectivity index (χ0v) is 14.0. The van der Waals surface area contributed by atoms with Gasteiger partial charge in [-0.1, -0.05) is 18.2 Å². The van der Waals surface area contributed by atoms with Crippen LogP contribution in [0, 0.1) is 5.92 Å². The van der Waals surface area contributed by atoms with Crippen LogP contribution < -0.4 is 5.76 Å². The largest absolute Gasteiger partial charge is 0.437 e. The number of likely N-dealkylation sites (tertiary alicyclic amines) is 1. The Morgan fingerprint density at radius 1 is 1.32 bits per heavy atom. The molecule has 130 valence electrons. The molecule has 0 bridgehead atoms. The standard InChI is InChI=1S/C17H19N5O3/c1-17(19-20-17)13-8-5-9-21(10-13)14(23)11-22-16(24)25-15(18-22)12-6-3-2-4-7-12/h2-4,6-7,13H,5,8-11H2,1H3. The number of carbonyl (C=O) groups excluding carboxylic acids is 1. The Kier molecular flexibility index (Phi) is 3.74. The molecule has 2 aliphatic rings. The zero-order valence-electron chi connectivity index (χ0n) is 14.0. The summed E-state index contributed by atoms with van der Waals surface area (Å²) in [6.07, 6.45) is 1.93. The number of aromatic nitrogens is 2. The molecule has 1 aromatic carbocycles. The number of hydrogen-bond acceptors (Lipinski definition) is 6. The van der Waals surface area contributed by atoms with Crippen molar-refractivity contribution in [3.8, 4) is 11.5 Å². The molecule has 2 aromatic rings. The van der Waals surface area contributed by atoms with Crippen LogP contribution in [0.3, 0.4) is 0 Å². The molecule has 0 saturated carbocycles. The van der Waals surface area contributed by atoms with E-state index in [2.05, 4.69) is 15.3 Å². The fourth-order valence-electron chi connectivity index (χ4n) is 3.22. The van der Waals surface area contributed by atoms with Gasteiger partial charge in [-0.15, -0.1) is 5.10 Å². The van der Waals surface area contributed by atoms with Crippen molar-refractivity contribution < 1.29 is 9.21 Å². The highest BCUT2D eigenvalue weighted by atomic mass is 16.4. The average Bonchev–Trinajstić information content (AvgIpc) is 3.29. The zero-order chi connectivity index (χ0) is 17.4. The van der Waals surface area contributed by atoms with Gasteiger partial charge in [0.05, 0.1) is 0 Å². The number of nitrogens with zero attached hydrogens (tertiary/aromatic N) is 5. The average molecular weight is 341 g/mol. The maximum Gasteiger partial charge on any atom is 0.437 e. The van der Waals surface area contributed by atoms with E-state index in [0.717, 1.165) is 17.5 Å². The Hall–Kier alpha value is -2.77. The molecule has 1 aromatic heterocycles. The summed E-state index contributed by atoms with van der Waals surface area (Å²) in [6.45, 7) is 3.16. The van der Waals surface area contributed by atoms with Crippen molar-refractivity contribution in [1.82, 2.24) is 14.7 Å². The first-order valence-corrected chi connectivity index (χ1v) is 8.40. The molecule has 0 spiro atoms. The molecule has 0 aliphatic carbocycles. The van der Waals surface area contributed by atoms with Crippen LogP contribution in [0.1, 0.15) is 19.8 Å². The van der Waals surface area contributed by atoms with Crippen molar-refractivity contribution in [3.63, 3.8) is 0 Å². The molecular weight excluding hydrogens is 322 g/mol. The van der Waals surface area contributed by atoms with E-state index in [0.29, 0.717) is 18.7 Å². The van der Waals surface area contributed by atoms with Crippen LogP contribution in [-0.4, -0.2) is 39.3 Å². The van der Waals surface area contributed by atoms with Gasteiger partial charge in [-0.05, 0) is 31.9 Å². The number of piperidine rings is 1. The van der Waals surface area contributed by atoms with Crippen LogP contribution in [0.5, 0.6) is 0 Å². The molecule has 8 heteroatoms. The van der Waals surface area contributed by atoms with E-state index in [9.17, 15) is 9.59 Å². The topological polar surface area (TPSA) is 93.1 Å². The minimum atomic E-state index is -0.625. The maximum absolute atomic E-state index is 12.6. The van der Waals surface area contributed by atoms with Gasteiger partial charge in [-0.2, -0.15) is 14.9 Å². The molecule has 2 aliphatic heterocycles. The fourth-order valence-corrected chi connectivity index (χ4v) is 3.22. The Balaban J connectivity index is 1.46. The van der Waals surface area contributed by atoms with Crippen molar-refractivity contribution in [1.29, 1.82) is 0 Å². The molecule has 1 atom stereocenters. The molecule has 1 fully saturated rings. The second-order valence-electron chi connectivity index (χ2n) is 6.67. The van der Waals surface area contributed by atoms with Gasteiger partial charge in [0.1, 0.15) is 6.54 Å². The molecular formula is C17H19N5O3. The third-order valence-electron chi connectivity index (χ3n) is 4.88. The first-order chi connectivity index (χ1) is 12.0. The molecule has 3 heterocycles. The lowest BCUT2D eigenvalue weighted by atomic mass is 9.89. The highest BCUT2D eigenvalue weighted by Crippen LogP contribution is 2.40. The Morgan fingerprint density at radius 2 is 2.08 bits per heavy atom. The lowest BCUT2D eigenvalue weighted by Crippen LogP contribution is -2.45. The normalized spacial score (nSPS) is 21.3. The minimum Gasteiger partial charge on any atom is -0.388 e. The molecule has 1 amide bonds. The van der Waals surface area contributed by atoms with Gasteiger partial charge in [-0.3, -0.25) is 4.79 Å². The van der Waals surface area contributed by atoms with Gasteiger partial charge in [0.15, 0.2) is 5.66 Å². The number of hydrogen-bond donors (Lipinski definition) is 0. The van der Waals surface area contributed by atoms with Gasteiger partial charge in [-0.25, -0.2) is 4.79 Å². The van der Waals surface area contributed by atoms with Crippen LogP contribution in [0.15, 0.2) is 49.8 Å². The SMILES string of the molecule is CC1(C2CCCN(C(=O)Cn3nc(-c4ccccc4)oc3=O)C2)N=N1. The molecule has 0 N–H and O–H groups in total. The van der Waals surface area contributed by atoms with E-state index < -0.39 is 5.76 Å². The predicted molar refractivity (Wildman–Crippen MR) is 88.8 cm³/mol. The Labute approximate surface area is 144 Å². The Bertz CT molecular complexity index is 864. The summed E-state index contributed by atoms with van der Waals surface area (Å²) in [6, 6.07) is 9.14. The quantitative estimate of drug-likeness (QED) is 0.849. The summed E-state index contributed by atoms with van der Waals surface area (Å²) < 4.78 is 6.26. The third kappa shape index (κ3) is 3.11. The lowest BCUT2D eigenvalue weighted by Gasteiger charge is -2.33. The van der Waals surface area contributed by atoms with Gasteiger partial charge >= 0.3 is 5.76 Å². The van der Waals surface area contributed by atoms with Crippen molar-refractivity contribution in [2.24, 2.45) is 16.1 Å². The fraction of sp³-hybridized carbons (Fsp3) is 0.471. The van der Waals surface area contributed by atoms with Gasteiger partial charge < -0.3 is 9.32 Å². The molecule has 0 radical (unpaired) electrons. The highest BCUT2D eigenvalue weighted by Gasteiger charge is 2.45. The van der Waals surface area contributed by atoms with Crippen molar-refractivity contribution in [2.45, 2.75) is 32.0 Å². The summed E-state index contributed by atoms with van der Waals surface area (Å²) >= 11 is 0. The number of carbonyl (C=O) groups is 1. The van der Waals surface area contributed by atoms with Gasteiger partial charge in [0.2, 0.25) is 11.8 Å². The molecule has 25 heavy (non-hydrogen) atoms. The van der Waals surface area contributed by atoms with E-state index >= 15 is 0 Å². The number of rotatable bonds is 4. The molecule has 4 rings (SSSR count). The van der Waals surface area contributed by atoms with E-state index in [1.165, 1.54) is 0 Å². The Morgan fingerprint density at radius 3 is 2.80 bits per heavy atom. The van der Waals surface area contributed by atoms with E-state index in [1.807, 2.05) is 25.1 Å².